The van der Waals surface area contributed by atoms with Crippen LogP contribution < -0.4 is 5.32 Å². The molecule has 1 N–H and O–H groups in total. The summed E-state index contributed by atoms with van der Waals surface area (Å²) in [6.45, 7) is 0. The normalized spacial score (nSPS) is 18.3. The quantitative estimate of drug-likeness (QED) is 0.615. The van der Waals surface area contributed by atoms with Crippen LogP contribution in [-0.2, 0) is 9.59 Å². The van der Waals surface area contributed by atoms with Crippen LogP contribution in [0.5, 0.6) is 0 Å². The van der Waals surface area contributed by atoms with E-state index in [-0.39, 0.29) is 18.2 Å². The summed E-state index contributed by atoms with van der Waals surface area (Å²) in [4.78, 5) is 26.2. The van der Waals surface area contributed by atoms with E-state index in [9.17, 15) is 9.59 Å². The molecule has 0 saturated carbocycles. The Balaban J connectivity index is 2.27. The Kier molecular flexibility index (Phi) is 2.64. The Morgan fingerprint density at radius 3 is 2.73 bits per heavy atom. The largest absolute Gasteiger partial charge is 0.292 e. The van der Waals surface area contributed by atoms with Gasteiger partial charge in [0.25, 0.3) is 5.91 Å². The van der Waals surface area contributed by atoms with Gasteiger partial charge < -0.3 is 0 Å². The predicted octanol–water partition coefficient (Wildman–Crippen LogP) is 1.27. The zero-order valence-electron chi connectivity index (χ0n) is 7.66. The molecule has 1 fully saturated rings. The molecule has 76 valence electrons. The summed E-state index contributed by atoms with van der Waals surface area (Å²) in [6, 6.07) is 3.60. The molecule has 0 aromatic carbocycles. The van der Waals surface area contributed by atoms with Crippen LogP contribution in [0, 0.1) is 0 Å². The molecule has 0 spiro atoms. The van der Waals surface area contributed by atoms with E-state index >= 15 is 0 Å². The molecule has 0 bridgehead atoms. The molecule has 0 atom stereocenters. The maximum Gasteiger partial charge on any atom is 0.254 e. The number of carbonyl (C=O) groups excluding carboxylic acids is 2. The van der Waals surface area contributed by atoms with Gasteiger partial charge in [0, 0.05) is 16.2 Å². The highest BCUT2D eigenvalue weighted by Crippen LogP contribution is 2.14. The van der Waals surface area contributed by atoms with Gasteiger partial charge in [-0.2, -0.15) is 0 Å². The third-order valence-corrected chi connectivity index (χ3v) is 2.44. The van der Waals surface area contributed by atoms with E-state index in [0.29, 0.717) is 11.3 Å². The molecule has 1 aliphatic heterocycles. The third kappa shape index (κ3) is 2.30. The maximum absolute atomic E-state index is 11.2. The molecule has 5 heteroatoms. The van der Waals surface area contributed by atoms with Crippen molar-refractivity contribution in [2.24, 2.45) is 0 Å². The molecule has 1 saturated heterocycles. The highest BCUT2D eigenvalue weighted by molar-refractivity contribution is 9.10. The fourth-order valence-corrected chi connectivity index (χ4v) is 1.51. The van der Waals surface area contributed by atoms with Crippen LogP contribution in [0.25, 0.3) is 6.08 Å². The van der Waals surface area contributed by atoms with Crippen LogP contribution in [0.15, 0.2) is 28.4 Å². The topological polar surface area (TPSA) is 59.1 Å². The average Bonchev–Trinajstić information content (AvgIpc) is 2.49. The van der Waals surface area contributed by atoms with Gasteiger partial charge in [0.2, 0.25) is 5.91 Å². The fourth-order valence-electron chi connectivity index (χ4n) is 1.27. The Morgan fingerprint density at radius 2 is 2.20 bits per heavy atom. The van der Waals surface area contributed by atoms with Crippen molar-refractivity contribution in [3.05, 3.63) is 34.1 Å². The highest BCUT2D eigenvalue weighted by atomic mass is 79.9. The first-order valence-electron chi connectivity index (χ1n) is 4.31. The number of hydrogen-bond donors (Lipinski definition) is 1. The van der Waals surface area contributed by atoms with Crippen molar-refractivity contribution in [3.63, 3.8) is 0 Å². The number of imide groups is 1. The number of carbonyl (C=O) groups is 2. The lowest BCUT2D eigenvalue weighted by molar-refractivity contribution is -0.124. The van der Waals surface area contributed by atoms with E-state index in [1.807, 2.05) is 6.07 Å². The van der Waals surface area contributed by atoms with E-state index in [1.165, 1.54) is 0 Å². The zero-order valence-corrected chi connectivity index (χ0v) is 9.24. The number of rotatable bonds is 1. The molecular formula is C10H7BrN2O2. The summed E-state index contributed by atoms with van der Waals surface area (Å²) in [5.41, 5.74) is 1.12. The van der Waals surface area contributed by atoms with Crippen LogP contribution in [0.1, 0.15) is 12.1 Å². The van der Waals surface area contributed by atoms with E-state index in [0.717, 1.165) is 4.47 Å². The summed E-state index contributed by atoms with van der Waals surface area (Å²) in [5.74, 6) is -0.590. The van der Waals surface area contributed by atoms with Gasteiger partial charge >= 0.3 is 0 Å². The molecule has 2 rings (SSSR count). The molecule has 4 nitrogen and oxygen atoms in total. The molecule has 0 aliphatic carbocycles. The number of halogens is 1. The first kappa shape index (κ1) is 10.0. The van der Waals surface area contributed by atoms with Gasteiger partial charge in [0.1, 0.15) is 0 Å². The summed E-state index contributed by atoms with van der Waals surface area (Å²) >= 11 is 3.26. The van der Waals surface area contributed by atoms with Gasteiger partial charge in [-0.05, 0) is 34.1 Å². The van der Waals surface area contributed by atoms with E-state index < -0.39 is 0 Å². The first-order valence-corrected chi connectivity index (χ1v) is 5.11. The number of nitrogens with one attached hydrogen (secondary N) is 1. The average molecular weight is 267 g/mol. The molecular weight excluding hydrogens is 260 g/mol. The number of amides is 2. The van der Waals surface area contributed by atoms with Crippen molar-refractivity contribution in [1.29, 1.82) is 0 Å². The summed E-state index contributed by atoms with van der Waals surface area (Å²) < 4.78 is 0.872. The summed E-state index contributed by atoms with van der Waals surface area (Å²) in [5, 5.41) is 2.22. The van der Waals surface area contributed by atoms with Crippen LogP contribution in [-0.4, -0.2) is 16.8 Å². The number of pyridine rings is 1. The smallest absolute Gasteiger partial charge is 0.254 e. The maximum atomic E-state index is 11.2. The minimum Gasteiger partial charge on any atom is -0.292 e. The minimum atomic E-state index is -0.329. The lowest BCUT2D eigenvalue weighted by atomic mass is 10.2. The summed E-state index contributed by atoms with van der Waals surface area (Å²) in [6.07, 6.45) is 3.39. The fraction of sp³-hybridized carbons (Fsp3) is 0.100. The van der Waals surface area contributed by atoms with Crippen molar-refractivity contribution in [3.8, 4) is 0 Å². The Morgan fingerprint density at radius 1 is 1.40 bits per heavy atom. The molecule has 1 aromatic rings. The Bertz CT molecular complexity index is 451. The van der Waals surface area contributed by atoms with E-state index in [4.69, 9.17) is 0 Å². The Labute approximate surface area is 94.5 Å². The second-order valence-electron chi connectivity index (χ2n) is 3.12. The Hall–Kier alpha value is -1.49. The van der Waals surface area contributed by atoms with Gasteiger partial charge in [-0.1, -0.05) is 0 Å². The molecule has 0 radical (unpaired) electrons. The predicted molar refractivity (Wildman–Crippen MR) is 57.7 cm³/mol. The lowest BCUT2D eigenvalue weighted by Crippen LogP contribution is -2.19. The van der Waals surface area contributed by atoms with Crippen LogP contribution >= 0.6 is 15.9 Å². The molecule has 2 amide bonds. The molecule has 2 heterocycles. The second-order valence-corrected chi connectivity index (χ2v) is 4.04. The van der Waals surface area contributed by atoms with E-state index in [1.54, 1.807) is 18.3 Å². The van der Waals surface area contributed by atoms with Gasteiger partial charge in [0.05, 0.1) is 12.1 Å². The van der Waals surface area contributed by atoms with E-state index in [2.05, 4.69) is 26.2 Å². The standard InChI is InChI=1S/C10H7BrN2O2/c11-7-1-2-8(12-5-7)3-6-4-9(14)13-10(6)15/h1-3,5H,4H2,(H,13,14,15)/b6-3-. The van der Waals surface area contributed by atoms with Crippen LogP contribution in [0.4, 0.5) is 0 Å². The zero-order chi connectivity index (χ0) is 10.8. The first-order chi connectivity index (χ1) is 7.15. The lowest BCUT2D eigenvalue weighted by Gasteiger charge is -1.94. The van der Waals surface area contributed by atoms with Gasteiger partial charge in [0.15, 0.2) is 0 Å². The van der Waals surface area contributed by atoms with Crippen molar-refractivity contribution in [2.75, 3.05) is 0 Å². The van der Waals surface area contributed by atoms with Gasteiger partial charge in [-0.3, -0.25) is 19.9 Å². The second kappa shape index (κ2) is 3.94. The summed E-state index contributed by atoms with van der Waals surface area (Å²) in [7, 11) is 0. The molecule has 1 aromatic heterocycles. The van der Waals surface area contributed by atoms with Crippen LogP contribution in [0.3, 0.4) is 0 Å². The van der Waals surface area contributed by atoms with Crippen LogP contribution in [0.2, 0.25) is 0 Å². The van der Waals surface area contributed by atoms with Crippen molar-refractivity contribution >= 4 is 33.8 Å². The highest BCUT2D eigenvalue weighted by Gasteiger charge is 2.23. The van der Waals surface area contributed by atoms with Gasteiger partial charge in [-0.15, -0.1) is 0 Å². The van der Waals surface area contributed by atoms with Crippen molar-refractivity contribution in [2.45, 2.75) is 6.42 Å². The van der Waals surface area contributed by atoms with Gasteiger partial charge in [-0.25, -0.2) is 0 Å². The third-order valence-electron chi connectivity index (χ3n) is 1.97. The molecule has 15 heavy (non-hydrogen) atoms. The van der Waals surface area contributed by atoms with Crippen molar-refractivity contribution < 1.29 is 9.59 Å². The number of hydrogen-bond acceptors (Lipinski definition) is 3. The molecule has 1 aliphatic rings. The number of nitrogens with zero attached hydrogens (tertiary/aromatic N) is 1. The van der Waals surface area contributed by atoms with Crippen molar-refractivity contribution in [1.82, 2.24) is 10.3 Å². The molecule has 0 unspecified atom stereocenters. The monoisotopic (exact) mass is 266 g/mol. The number of aromatic nitrogens is 1. The minimum absolute atomic E-state index is 0.135. The SMILES string of the molecule is O=C1C/C(=C/c2ccc(Br)cn2)C(=O)N1.